The van der Waals surface area contributed by atoms with Crippen molar-refractivity contribution >= 4 is 38.7 Å². The number of pyridine rings is 1. The molecule has 2 aromatic carbocycles. The number of nitrogens with two attached hydrogens (primary N) is 1. The van der Waals surface area contributed by atoms with Gasteiger partial charge in [-0.2, -0.15) is 0 Å². The first-order chi connectivity index (χ1) is 11.7. The van der Waals surface area contributed by atoms with Crippen molar-refractivity contribution < 1.29 is 4.42 Å². The van der Waals surface area contributed by atoms with Gasteiger partial charge in [0, 0.05) is 21.7 Å². The Hall–Kier alpha value is -3.61. The quantitative estimate of drug-likeness (QED) is 0.494. The Balaban J connectivity index is 2.13. The van der Waals surface area contributed by atoms with E-state index in [9.17, 15) is 4.79 Å². The van der Waals surface area contributed by atoms with E-state index in [0.29, 0.717) is 10.9 Å². The van der Waals surface area contributed by atoms with Crippen LogP contribution in [0.15, 0.2) is 57.7 Å². The molecule has 24 heavy (non-hydrogen) atoms. The van der Waals surface area contributed by atoms with Crippen molar-refractivity contribution in [1.29, 1.82) is 0 Å². The molecular weight excluding hydrogens is 306 g/mol. The normalized spacial score (nSPS) is 11.7. The van der Waals surface area contributed by atoms with Crippen LogP contribution < -0.4 is 11.3 Å². The summed E-state index contributed by atoms with van der Waals surface area (Å²) in [7, 11) is 0. The van der Waals surface area contributed by atoms with Gasteiger partial charge in [0.15, 0.2) is 0 Å². The summed E-state index contributed by atoms with van der Waals surface area (Å²) in [5, 5.41) is 9.88. The number of benzene rings is 2. The summed E-state index contributed by atoms with van der Waals surface area (Å²) < 4.78 is 6.75. The van der Waals surface area contributed by atoms with Gasteiger partial charge in [-0.15, -0.1) is 0 Å². The molecule has 3 aromatic heterocycles. The van der Waals surface area contributed by atoms with Gasteiger partial charge in [-0.1, -0.05) is 46.6 Å². The van der Waals surface area contributed by atoms with E-state index in [4.69, 9.17) is 10.2 Å². The van der Waals surface area contributed by atoms with Crippen LogP contribution in [-0.4, -0.2) is 19.7 Å². The van der Waals surface area contributed by atoms with Crippen LogP contribution in [0.1, 0.15) is 0 Å². The fourth-order valence-corrected chi connectivity index (χ4v) is 3.16. The summed E-state index contributed by atoms with van der Waals surface area (Å²) in [6, 6.07) is 15.1. The summed E-state index contributed by atoms with van der Waals surface area (Å²) in [5.74, 6) is 0. The van der Waals surface area contributed by atoms with Crippen LogP contribution >= 0.6 is 0 Å². The number of fused-ring (bicyclic) bond motifs is 5. The lowest BCUT2D eigenvalue weighted by Gasteiger charge is -2.06. The maximum atomic E-state index is 13.1. The molecule has 0 spiro atoms. The van der Waals surface area contributed by atoms with Crippen molar-refractivity contribution in [3.63, 3.8) is 0 Å². The molecule has 0 amide bonds. The van der Waals surface area contributed by atoms with E-state index < -0.39 is 0 Å². The van der Waals surface area contributed by atoms with Crippen LogP contribution in [0.5, 0.6) is 0 Å². The second-order valence-corrected chi connectivity index (χ2v) is 5.50. The number of nitrogen functional groups attached to an aromatic ring is 1. The van der Waals surface area contributed by atoms with Crippen LogP contribution in [0.25, 0.3) is 38.7 Å². The summed E-state index contributed by atoms with van der Waals surface area (Å²) in [6.07, 6.45) is 0. The smallest absolute Gasteiger partial charge is 0.331 e. The Labute approximate surface area is 134 Å². The molecule has 0 radical (unpaired) electrons. The van der Waals surface area contributed by atoms with Gasteiger partial charge in [-0.3, -0.25) is 4.79 Å². The first-order valence-corrected chi connectivity index (χ1v) is 7.37. The number of para-hydroxylation sites is 1. The third kappa shape index (κ3) is 1.58. The topological polar surface area (TPSA) is 103 Å². The van der Waals surface area contributed by atoms with E-state index in [0.717, 1.165) is 21.8 Å². The number of rotatable bonds is 1. The minimum Gasteiger partial charge on any atom is -0.389 e. The molecule has 0 aliphatic carbocycles. The Kier molecular flexibility index (Phi) is 2.39. The summed E-state index contributed by atoms with van der Waals surface area (Å²) in [4.78, 5) is 16.5. The molecule has 0 atom stereocenters. The first-order valence-electron chi connectivity index (χ1n) is 7.37. The van der Waals surface area contributed by atoms with Crippen LogP contribution in [0.2, 0.25) is 0 Å². The molecular formula is C17H11N5O2. The highest BCUT2D eigenvalue weighted by Gasteiger charge is 2.19. The number of aromatic amines is 1. The second-order valence-electron chi connectivity index (χ2n) is 5.50. The third-order valence-electron chi connectivity index (χ3n) is 4.15. The van der Waals surface area contributed by atoms with Gasteiger partial charge in [0.05, 0.1) is 11.0 Å². The Morgan fingerprint density at radius 3 is 2.42 bits per heavy atom. The van der Waals surface area contributed by atoms with Crippen LogP contribution in [0, 0.1) is 0 Å². The van der Waals surface area contributed by atoms with Crippen molar-refractivity contribution in [3.8, 4) is 6.01 Å². The number of nitrogens with zero attached hydrogens (tertiary/aromatic N) is 3. The highest BCUT2D eigenvalue weighted by atomic mass is 16.4. The molecule has 7 heteroatoms. The number of anilines is 1. The fourth-order valence-electron chi connectivity index (χ4n) is 3.16. The zero-order valence-corrected chi connectivity index (χ0v) is 12.4. The Morgan fingerprint density at radius 1 is 0.958 bits per heavy atom. The molecule has 5 rings (SSSR count). The Bertz CT molecular complexity index is 1300. The molecule has 0 aliphatic rings. The van der Waals surface area contributed by atoms with E-state index >= 15 is 0 Å². The fraction of sp³-hybridized carbons (Fsp3) is 0. The lowest BCUT2D eigenvalue weighted by molar-refractivity contribution is 0.543. The number of H-pyrrole nitrogens is 1. The van der Waals surface area contributed by atoms with Crippen molar-refractivity contribution in [1.82, 2.24) is 19.7 Å². The molecule has 0 saturated heterocycles. The highest BCUT2D eigenvalue weighted by Crippen LogP contribution is 2.30. The largest absolute Gasteiger partial charge is 0.389 e. The van der Waals surface area contributed by atoms with Crippen LogP contribution in [-0.2, 0) is 0 Å². The van der Waals surface area contributed by atoms with Gasteiger partial charge in [-0.05, 0) is 12.1 Å². The maximum absolute atomic E-state index is 13.1. The van der Waals surface area contributed by atoms with E-state index in [1.54, 1.807) is 6.07 Å². The standard InChI is InChI=1S/C17H11N5O2/c18-16-20-21-17(24-16)22-14-11-7-3-4-8-12(11)19-13(14)9-5-1-2-6-10(9)15(22)23/h1-8,19H,(H2,18,20). The molecule has 0 fully saturated rings. The molecule has 3 heterocycles. The van der Waals surface area contributed by atoms with Crippen molar-refractivity contribution in [2.75, 3.05) is 5.73 Å². The molecule has 0 bridgehead atoms. The molecule has 3 N–H and O–H groups in total. The van der Waals surface area contributed by atoms with Gasteiger partial charge in [-0.25, -0.2) is 4.57 Å². The molecule has 0 unspecified atom stereocenters. The lowest BCUT2D eigenvalue weighted by atomic mass is 10.1. The van der Waals surface area contributed by atoms with Gasteiger partial charge < -0.3 is 15.1 Å². The van der Waals surface area contributed by atoms with E-state index in [1.165, 1.54) is 4.57 Å². The molecule has 116 valence electrons. The average Bonchev–Trinajstić information content (AvgIpc) is 3.20. The predicted octanol–water partition coefficient (Wildman–Crippen LogP) is 2.59. The van der Waals surface area contributed by atoms with Crippen molar-refractivity contribution in [3.05, 3.63) is 58.9 Å². The monoisotopic (exact) mass is 317 g/mol. The highest BCUT2D eigenvalue weighted by molar-refractivity contribution is 6.15. The summed E-state index contributed by atoms with van der Waals surface area (Å²) in [5.41, 5.74) is 7.77. The molecule has 0 aliphatic heterocycles. The van der Waals surface area contributed by atoms with Gasteiger partial charge >= 0.3 is 12.0 Å². The maximum Gasteiger partial charge on any atom is 0.331 e. The van der Waals surface area contributed by atoms with Crippen molar-refractivity contribution in [2.24, 2.45) is 0 Å². The lowest BCUT2D eigenvalue weighted by Crippen LogP contribution is -2.19. The van der Waals surface area contributed by atoms with E-state index in [-0.39, 0.29) is 17.6 Å². The summed E-state index contributed by atoms with van der Waals surface area (Å²) in [6.45, 7) is 0. The van der Waals surface area contributed by atoms with Gasteiger partial charge in [0.25, 0.3) is 5.56 Å². The second kappa shape index (κ2) is 4.45. The Morgan fingerprint density at radius 2 is 1.67 bits per heavy atom. The van der Waals surface area contributed by atoms with E-state index in [2.05, 4.69) is 15.2 Å². The number of nitrogens with one attached hydrogen (secondary N) is 1. The number of hydrogen-bond acceptors (Lipinski definition) is 5. The van der Waals surface area contributed by atoms with Crippen molar-refractivity contribution in [2.45, 2.75) is 0 Å². The minimum atomic E-state index is -0.230. The zero-order valence-electron chi connectivity index (χ0n) is 12.4. The predicted molar refractivity (Wildman–Crippen MR) is 91.2 cm³/mol. The van der Waals surface area contributed by atoms with Crippen LogP contribution in [0.3, 0.4) is 0 Å². The third-order valence-corrected chi connectivity index (χ3v) is 4.15. The van der Waals surface area contributed by atoms with Gasteiger partial charge in [0.2, 0.25) is 0 Å². The van der Waals surface area contributed by atoms with Gasteiger partial charge in [0.1, 0.15) is 0 Å². The molecule has 7 nitrogen and oxygen atoms in total. The average molecular weight is 317 g/mol. The number of hydrogen-bond donors (Lipinski definition) is 2. The molecule has 0 saturated carbocycles. The minimum absolute atomic E-state index is 0.0537. The zero-order chi connectivity index (χ0) is 16.3. The SMILES string of the molecule is Nc1nnc(-n2c(=O)c3ccccc3c3[nH]c4ccccc4c32)o1. The molecule has 5 aromatic rings. The van der Waals surface area contributed by atoms with E-state index in [1.807, 2.05) is 42.5 Å². The summed E-state index contributed by atoms with van der Waals surface area (Å²) >= 11 is 0. The first kappa shape index (κ1) is 12.9. The van der Waals surface area contributed by atoms with Crippen LogP contribution in [0.4, 0.5) is 6.01 Å². The number of aromatic nitrogens is 4.